The Morgan fingerprint density at radius 2 is 2.19 bits per heavy atom. The van der Waals surface area contributed by atoms with Gasteiger partial charge in [0.25, 0.3) is 0 Å². The van der Waals surface area contributed by atoms with Crippen LogP contribution in [0.4, 0.5) is 5.82 Å². The molecule has 0 spiro atoms. The van der Waals surface area contributed by atoms with Crippen LogP contribution in [0.25, 0.3) is 11.0 Å². The number of aromatic nitrogens is 3. The number of nitrogens with zero attached hydrogens (tertiary/aromatic N) is 5. The van der Waals surface area contributed by atoms with Gasteiger partial charge in [-0.05, 0) is 18.4 Å². The Morgan fingerprint density at radius 1 is 1.38 bits per heavy atom. The van der Waals surface area contributed by atoms with Crippen LogP contribution in [0.2, 0.25) is 0 Å². The fourth-order valence-electron chi connectivity index (χ4n) is 2.76. The Morgan fingerprint density at radius 3 is 2.90 bits per heavy atom. The molecule has 2 aromatic rings. The van der Waals surface area contributed by atoms with Crippen LogP contribution < -0.4 is 10.6 Å². The maximum Gasteiger partial charge on any atom is 0.168 e. The lowest BCUT2D eigenvalue weighted by Gasteiger charge is -2.35. The molecule has 21 heavy (non-hydrogen) atoms. The highest BCUT2D eigenvalue weighted by molar-refractivity contribution is 5.85. The van der Waals surface area contributed by atoms with E-state index < -0.39 is 0 Å². The molecule has 7 heteroatoms. The van der Waals surface area contributed by atoms with E-state index in [0.29, 0.717) is 22.6 Å². The van der Waals surface area contributed by atoms with Gasteiger partial charge in [0.1, 0.15) is 17.4 Å². The van der Waals surface area contributed by atoms with Crippen molar-refractivity contribution in [3.8, 4) is 6.07 Å². The molecule has 0 saturated carbocycles. The topological polar surface area (TPSA) is 91.7 Å². The zero-order chi connectivity index (χ0) is 14.1. The predicted octanol–water partition coefficient (Wildman–Crippen LogP) is 1.49. The first kappa shape index (κ1) is 15.4. The lowest BCUT2D eigenvalue weighted by molar-refractivity contribution is 0.400. The van der Waals surface area contributed by atoms with E-state index in [1.807, 2.05) is 6.07 Å². The number of nitrogens with two attached hydrogens (primary N) is 1. The summed E-state index contributed by atoms with van der Waals surface area (Å²) in [6.45, 7) is 3.92. The molecular weight excluding hydrogens is 288 g/mol. The second kappa shape index (κ2) is 6.20. The van der Waals surface area contributed by atoms with E-state index in [0.717, 1.165) is 25.3 Å². The van der Waals surface area contributed by atoms with Gasteiger partial charge in [-0.15, -0.1) is 12.4 Å². The number of pyridine rings is 1. The maximum absolute atomic E-state index is 9.02. The molecule has 2 N–H and O–H groups in total. The highest BCUT2D eigenvalue weighted by atomic mass is 35.5. The molecule has 110 valence electrons. The second-order valence-electron chi connectivity index (χ2n) is 5.37. The number of nitriles is 1. The Balaban J connectivity index is 0.00000161. The van der Waals surface area contributed by atoms with Gasteiger partial charge in [-0.25, -0.2) is 15.0 Å². The zero-order valence-electron chi connectivity index (χ0n) is 11.7. The Labute approximate surface area is 129 Å². The van der Waals surface area contributed by atoms with Gasteiger partial charge < -0.3 is 10.6 Å². The summed E-state index contributed by atoms with van der Waals surface area (Å²) in [7, 11) is 0. The molecule has 6 nitrogen and oxygen atoms in total. The molecule has 0 bridgehead atoms. The van der Waals surface area contributed by atoms with Crippen molar-refractivity contribution >= 4 is 29.3 Å². The number of halogens is 1. The van der Waals surface area contributed by atoms with Crippen LogP contribution in [0, 0.1) is 17.2 Å². The molecule has 1 aliphatic rings. The normalized spacial score (nSPS) is 21.7. The van der Waals surface area contributed by atoms with Crippen molar-refractivity contribution in [3.63, 3.8) is 0 Å². The number of piperidine rings is 1. The molecule has 3 rings (SSSR count). The smallest absolute Gasteiger partial charge is 0.168 e. The maximum atomic E-state index is 9.02. The molecule has 1 aliphatic heterocycles. The fraction of sp³-hybridized carbons (Fsp3) is 0.429. The molecule has 3 heterocycles. The minimum absolute atomic E-state index is 0. The molecular formula is C14H17ClN6. The lowest BCUT2D eigenvalue weighted by atomic mass is 9.97. The van der Waals surface area contributed by atoms with E-state index in [1.165, 1.54) is 0 Å². The molecule has 0 amide bonds. The van der Waals surface area contributed by atoms with Crippen LogP contribution in [-0.2, 0) is 0 Å². The molecule has 2 atom stereocenters. The average molecular weight is 305 g/mol. The quantitative estimate of drug-likeness (QED) is 0.858. The van der Waals surface area contributed by atoms with E-state index >= 15 is 0 Å². The summed E-state index contributed by atoms with van der Waals surface area (Å²) in [4.78, 5) is 15.1. The molecule has 0 aliphatic carbocycles. The van der Waals surface area contributed by atoms with Crippen LogP contribution in [-0.4, -0.2) is 34.1 Å². The minimum atomic E-state index is 0. The van der Waals surface area contributed by atoms with Gasteiger partial charge in [0, 0.05) is 25.3 Å². The summed E-state index contributed by atoms with van der Waals surface area (Å²) in [5, 5.41) is 9.02. The second-order valence-corrected chi connectivity index (χ2v) is 5.37. The summed E-state index contributed by atoms with van der Waals surface area (Å²) >= 11 is 0. The van der Waals surface area contributed by atoms with Gasteiger partial charge >= 0.3 is 0 Å². The van der Waals surface area contributed by atoms with Crippen LogP contribution in [0.3, 0.4) is 0 Å². The molecule has 0 aromatic carbocycles. The van der Waals surface area contributed by atoms with Crippen molar-refractivity contribution in [3.05, 3.63) is 24.2 Å². The van der Waals surface area contributed by atoms with E-state index in [4.69, 9.17) is 11.0 Å². The third-order valence-electron chi connectivity index (χ3n) is 3.57. The first-order valence-electron chi connectivity index (χ1n) is 6.69. The summed E-state index contributed by atoms with van der Waals surface area (Å²) < 4.78 is 0. The monoisotopic (exact) mass is 304 g/mol. The van der Waals surface area contributed by atoms with E-state index in [1.54, 1.807) is 18.5 Å². The van der Waals surface area contributed by atoms with Crippen LogP contribution >= 0.6 is 12.4 Å². The molecule has 1 saturated heterocycles. The van der Waals surface area contributed by atoms with Gasteiger partial charge in [-0.2, -0.15) is 5.26 Å². The Bertz CT molecular complexity index is 673. The first-order valence-corrected chi connectivity index (χ1v) is 6.69. The number of rotatable bonds is 1. The third-order valence-corrected chi connectivity index (χ3v) is 3.57. The standard InChI is InChI=1S/C14H16N6.ClH/c1-9-4-10(16)8-20(7-9)13-6-18-14-11(19-13)2-3-17-12(14)5-15;/h2-3,6,9-10H,4,7-8,16H2,1H3;1H/t9-,10+;/m0./s1. The van der Waals surface area contributed by atoms with Gasteiger partial charge in [-0.3, -0.25) is 0 Å². The van der Waals surface area contributed by atoms with Crippen LogP contribution in [0.1, 0.15) is 19.0 Å². The average Bonchev–Trinajstić information content (AvgIpc) is 2.45. The number of fused-ring (bicyclic) bond motifs is 1. The van der Waals surface area contributed by atoms with Gasteiger partial charge in [0.05, 0.1) is 11.7 Å². The van der Waals surface area contributed by atoms with Crippen molar-refractivity contribution in [2.75, 3.05) is 18.0 Å². The number of anilines is 1. The molecule has 0 unspecified atom stereocenters. The van der Waals surface area contributed by atoms with Crippen molar-refractivity contribution < 1.29 is 0 Å². The van der Waals surface area contributed by atoms with Gasteiger partial charge in [0.2, 0.25) is 0 Å². The van der Waals surface area contributed by atoms with E-state index in [2.05, 4.69) is 26.8 Å². The SMILES string of the molecule is C[C@H]1C[C@@H](N)CN(c2cnc3c(C#N)nccc3n2)C1.Cl. The van der Waals surface area contributed by atoms with Gasteiger partial charge in [0.15, 0.2) is 5.69 Å². The lowest BCUT2D eigenvalue weighted by Crippen LogP contribution is -2.46. The van der Waals surface area contributed by atoms with Gasteiger partial charge in [-0.1, -0.05) is 6.92 Å². The van der Waals surface area contributed by atoms with E-state index in [9.17, 15) is 0 Å². The van der Waals surface area contributed by atoms with Crippen LogP contribution in [0.5, 0.6) is 0 Å². The molecule has 1 fully saturated rings. The van der Waals surface area contributed by atoms with Crippen molar-refractivity contribution in [2.24, 2.45) is 11.7 Å². The predicted molar refractivity (Wildman–Crippen MR) is 83.3 cm³/mol. The molecule has 2 aromatic heterocycles. The largest absolute Gasteiger partial charge is 0.354 e. The van der Waals surface area contributed by atoms with Crippen molar-refractivity contribution in [1.29, 1.82) is 5.26 Å². The summed E-state index contributed by atoms with van der Waals surface area (Å²) in [5.74, 6) is 1.36. The summed E-state index contributed by atoms with van der Waals surface area (Å²) in [6.07, 6.45) is 4.33. The number of hydrogen-bond acceptors (Lipinski definition) is 6. The van der Waals surface area contributed by atoms with Crippen molar-refractivity contribution in [2.45, 2.75) is 19.4 Å². The Hall–Kier alpha value is -1.97. The molecule has 0 radical (unpaired) electrons. The number of hydrogen-bond donors (Lipinski definition) is 1. The highest BCUT2D eigenvalue weighted by Crippen LogP contribution is 2.22. The zero-order valence-corrected chi connectivity index (χ0v) is 12.5. The third kappa shape index (κ3) is 3.04. The summed E-state index contributed by atoms with van der Waals surface area (Å²) in [6, 6.07) is 3.98. The first-order chi connectivity index (χ1) is 9.67. The minimum Gasteiger partial charge on any atom is -0.354 e. The van der Waals surface area contributed by atoms with Crippen molar-refractivity contribution in [1.82, 2.24) is 15.0 Å². The van der Waals surface area contributed by atoms with Crippen LogP contribution in [0.15, 0.2) is 18.5 Å². The van der Waals surface area contributed by atoms with E-state index in [-0.39, 0.29) is 18.4 Å². The Kier molecular flexibility index (Phi) is 4.56. The highest BCUT2D eigenvalue weighted by Gasteiger charge is 2.23. The summed E-state index contributed by atoms with van der Waals surface area (Å²) in [5.41, 5.74) is 7.62. The fourth-order valence-corrected chi connectivity index (χ4v) is 2.76.